The van der Waals surface area contributed by atoms with Crippen molar-refractivity contribution in [2.75, 3.05) is 30.0 Å². The highest BCUT2D eigenvalue weighted by molar-refractivity contribution is 7.91. The maximum Gasteiger partial charge on any atom is 0.184 e. The number of nitrogen functional groups attached to an aromatic ring is 1. The monoisotopic (exact) mass is 305 g/mol. The summed E-state index contributed by atoms with van der Waals surface area (Å²) < 4.78 is 33.4. The first kappa shape index (κ1) is 14.5. The lowest BCUT2D eigenvalue weighted by Gasteiger charge is -2.19. The molecular weight excluding hydrogens is 286 g/mol. The number of nitrogens with two attached hydrogens (primary N) is 1. The van der Waals surface area contributed by atoms with E-state index in [4.69, 9.17) is 10.5 Å². The summed E-state index contributed by atoms with van der Waals surface area (Å²) >= 11 is 1.10. The van der Waals surface area contributed by atoms with Crippen LogP contribution in [0.1, 0.15) is 20.3 Å². The number of sulfone groups is 1. The summed E-state index contributed by atoms with van der Waals surface area (Å²) in [4.78, 5) is 0.144. The number of anilines is 2. The number of nitrogens with one attached hydrogen (secondary N) is 1. The van der Waals surface area contributed by atoms with Gasteiger partial charge >= 0.3 is 0 Å². The Kier molecular flexibility index (Phi) is 4.32. The van der Waals surface area contributed by atoms with E-state index in [-0.39, 0.29) is 22.5 Å². The van der Waals surface area contributed by atoms with Gasteiger partial charge in [-0.1, -0.05) is 6.92 Å². The van der Waals surface area contributed by atoms with E-state index in [1.807, 2.05) is 6.92 Å². The molecule has 1 aliphatic rings. The molecule has 0 bridgehead atoms. The Labute approximate surface area is 117 Å². The van der Waals surface area contributed by atoms with Crippen molar-refractivity contribution in [2.24, 2.45) is 5.92 Å². The lowest BCUT2D eigenvalue weighted by Crippen LogP contribution is -2.26. The molecule has 3 N–H and O–H groups in total. The SMILES string of the molecule is CCS(=O)(=O)c1c(N)nsc1NC(C)C1CCOC1. The van der Waals surface area contributed by atoms with Crippen LogP contribution in [0.25, 0.3) is 0 Å². The average molecular weight is 305 g/mol. The molecule has 0 radical (unpaired) electrons. The van der Waals surface area contributed by atoms with Gasteiger partial charge in [0, 0.05) is 18.6 Å². The highest BCUT2D eigenvalue weighted by atomic mass is 32.2. The van der Waals surface area contributed by atoms with Crippen LogP contribution in [0.4, 0.5) is 10.8 Å². The van der Waals surface area contributed by atoms with Crippen molar-refractivity contribution >= 4 is 32.2 Å². The van der Waals surface area contributed by atoms with Gasteiger partial charge in [0.2, 0.25) is 0 Å². The zero-order valence-corrected chi connectivity index (χ0v) is 12.7. The maximum atomic E-state index is 12.0. The Morgan fingerprint density at radius 2 is 2.37 bits per heavy atom. The second kappa shape index (κ2) is 5.64. The Morgan fingerprint density at radius 3 is 2.95 bits per heavy atom. The van der Waals surface area contributed by atoms with Gasteiger partial charge in [0.25, 0.3) is 0 Å². The summed E-state index contributed by atoms with van der Waals surface area (Å²) in [6.45, 7) is 5.10. The molecule has 2 atom stereocenters. The highest BCUT2D eigenvalue weighted by Crippen LogP contribution is 2.34. The number of aromatic nitrogens is 1. The van der Waals surface area contributed by atoms with Gasteiger partial charge in [-0.05, 0) is 24.9 Å². The first-order valence-electron chi connectivity index (χ1n) is 6.28. The molecule has 6 nitrogen and oxygen atoms in total. The van der Waals surface area contributed by atoms with Crippen LogP contribution in [0.5, 0.6) is 0 Å². The van der Waals surface area contributed by atoms with Gasteiger partial charge in [-0.25, -0.2) is 8.42 Å². The van der Waals surface area contributed by atoms with Crippen molar-refractivity contribution in [3.05, 3.63) is 0 Å². The summed E-state index contributed by atoms with van der Waals surface area (Å²) in [5.74, 6) is 0.496. The predicted molar refractivity (Wildman–Crippen MR) is 76.3 cm³/mol. The standard InChI is InChI=1S/C11H19N3O3S2/c1-3-19(15,16)9-10(12)14-18-11(9)13-7(2)8-4-5-17-6-8/h7-8,13H,3-6H2,1-2H3,(H2,12,14). The zero-order chi connectivity index (χ0) is 14.0. The maximum absolute atomic E-state index is 12.0. The summed E-state index contributed by atoms with van der Waals surface area (Å²) in [7, 11) is -3.36. The van der Waals surface area contributed by atoms with Crippen LogP contribution in [0, 0.1) is 5.92 Å². The van der Waals surface area contributed by atoms with Crippen molar-refractivity contribution in [3.63, 3.8) is 0 Å². The van der Waals surface area contributed by atoms with Gasteiger partial charge in [0.1, 0.15) is 9.90 Å². The fraction of sp³-hybridized carbons (Fsp3) is 0.727. The molecule has 2 rings (SSSR count). The normalized spacial score (nSPS) is 21.5. The minimum Gasteiger partial charge on any atom is -0.382 e. The molecule has 0 saturated carbocycles. The molecule has 1 aromatic rings. The molecule has 8 heteroatoms. The fourth-order valence-electron chi connectivity index (χ4n) is 2.10. The molecule has 1 aliphatic heterocycles. The number of hydrogen-bond acceptors (Lipinski definition) is 7. The number of ether oxygens (including phenoxy) is 1. The Morgan fingerprint density at radius 1 is 1.63 bits per heavy atom. The lowest BCUT2D eigenvalue weighted by molar-refractivity contribution is 0.183. The molecule has 108 valence electrons. The van der Waals surface area contributed by atoms with Gasteiger partial charge in [0.15, 0.2) is 15.7 Å². The van der Waals surface area contributed by atoms with E-state index in [1.54, 1.807) is 6.92 Å². The molecule has 2 unspecified atom stereocenters. The first-order chi connectivity index (χ1) is 8.95. The van der Waals surface area contributed by atoms with Crippen molar-refractivity contribution in [2.45, 2.75) is 31.2 Å². The van der Waals surface area contributed by atoms with Gasteiger partial charge in [-0.2, -0.15) is 4.37 Å². The summed E-state index contributed by atoms with van der Waals surface area (Å²) in [6, 6.07) is 0.133. The van der Waals surface area contributed by atoms with Crippen molar-refractivity contribution in [1.29, 1.82) is 0 Å². The third-order valence-electron chi connectivity index (χ3n) is 3.40. The summed E-state index contributed by atoms with van der Waals surface area (Å²) in [5.41, 5.74) is 5.69. The van der Waals surface area contributed by atoms with Crippen LogP contribution in [0.15, 0.2) is 4.90 Å². The molecule has 0 spiro atoms. The molecular formula is C11H19N3O3S2. The average Bonchev–Trinajstić information content (AvgIpc) is 2.99. The number of nitrogens with zero attached hydrogens (tertiary/aromatic N) is 1. The third kappa shape index (κ3) is 3.01. The van der Waals surface area contributed by atoms with Gasteiger partial charge in [0.05, 0.1) is 12.4 Å². The lowest BCUT2D eigenvalue weighted by atomic mass is 10.0. The summed E-state index contributed by atoms with van der Waals surface area (Å²) in [6.07, 6.45) is 0.984. The Bertz CT molecular complexity index is 535. The molecule has 2 heterocycles. The Balaban J connectivity index is 2.21. The van der Waals surface area contributed by atoms with E-state index in [1.165, 1.54) is 0 Å². The number of hydrogen-bond donors (Lipinski definition) is 2. The quantitative estimate of drug-likeness (QED) is 0.853. The van der Waals surface area contributed by atoms with Crippen LogP contribution in [-0.4, -0.2) is 37.8 Å². The van der Waals surface area contributed by atoms with Crippen LogP contribution in [0.3, 0.4) is 0 Å². The van der Waals surface area contributed by atoms with Crippen molar-refractivity contribution in [1.82, 2.24) is 4.37 Å². The largest absolute Gasteiger partial charge is 0.382 e. The van der Waals surface area contributed by atoms with E-state index < -0.39 is 9.84 Å². The van der Waals surface area contributed by atoms with E-state index in [0.717, 1.165) is 24.6 Å². The van der Waals surface area contributed by atoms with Crippen LogP contribution in [-0.2, 0) is 14.6 Å². The van der Waals surface area contributed by atoms with Gasteiger partial charge in [-0.15, -0.1) is 0 Å². The van der Waals surface area contributed by atoms with E-state index in [9.17, 15) is 8.42 Å². The third-order valence-corrected chi connectivity index (χ3v) is 6.11. The molecule has 1 saturated heterocycles. The van der Waals surface area contributed by atoms with E-state index >= 15 is 0 Å². The topological polar surface area (TPSA) is 94.3 Å². The zero-order valence-electron chi connectivity index (χ0n) is 11.0. The van der Waals surface area contributed by atoms with E-state index in [2.05, 4.69) is 9.69 Å². The molecule has 19 heavy (non-hydrogen) atoms. The first-order valence-corrected chi connectivity index (χ1v) is 8.70. The van der Waals surface area contributed by atoms with E-state index in [0.29, 0.717) is 17.5 Å². The summed E-state index contributed by atoms with van der Waals surface area (Å²) in [5, 5.41) is 3.77. The minimum atomic E-state index is -3.36. The van der Waals surface area contributed by atoms with Crippen LogP contribution < -0.4 is 11.1 Å². The number of rotatable bonds is 5. The van der Waals surface area contributed by atoms with Crippen LogP contribution in [0.2, 0.25) is 0 Å². The fourth-order valence-corrected chi connectivity index (χ4v) is 4.35. The van der Waals surface area contributed by atoms with Crippen molar-refractivity contribution < 1.29 is 13.2 Å². The minimum absolute atomic E-state index is 0.0191. The molecule has 0 amide bonds. The predicted octanol–water partition coefficient (Wildman–Crippen LogP) is 1.36. The van der Waals surface area contributed by atoms with Crippen molar-refractivity contribution in [3.8, 4) is 0 Å². The van der Waals surface area contributed by atoms with Crippen LogP contribution >= 0.6 is 11.5 Å². The highest BCUT2D eigenvalue weighted by Gasteiger charge is 2.28. The second-order valence-corrected chi connectivity index (χ2v) is 7.67. The Hall–Kier alpha value is -0.860. The molecule has 0 aromatic carbocycles. The smallest absolute Gasteiger partial charge is 0.184 e. The van der Waals surface area contributed by atoms with Gasteiger partial charge in [-0.3, -0.25) is 0 Å². The molecule has 1 aromatic heterocycles. The molecule has 1 fully saturated rings. The molecule has 0 aliphatic carbocycles. The van der Waals surface area contributed by atoms with Gasteiger partial charge < -0.3 is 15.8 Å². The second-order valence-electron chi connectivity index (χ2n) is 4.69.